The molecule has 0 bridgehead atoms. The molecule has 3 amide bonds. The second-order valence-electron chi connectivity index (χ2n) is 10.9. The van der Waals surface area contributed by atoms with Gasteiger partial charge in [-0.2, -0.15) is 0 Å². The lowest BCUT2D eigenvalue weighted by Gasteiger charge is -2.33. The fourth-order valence-electron chi connectivity index (χ4n) is 3.72. The van der Waals surface area contributed by atoms with E-state index in [-0.39, 0.29) is 12.3 Å². The first-order chi connectivity index (χ1) is 16.7. The Balaban J connectivity index is 2.45. The Labute approximate surface area is 214 Å². The van der Waals surface area contributed by atoms with Crippen LogP contribution in [0, 0.1) is 0 Å². The predicted octanol–water partition coefficient (Wildman–Crippen LogP) is 4.88. The molecule has 0 saturated heterocycles. The smallest absolute Gasteiger partial charge is 0.408 e. The monoisotopic (exact) mass is 493 g/mol. The van der Waals surface area contributed by atoms with Crippen molar-refractivity contribution in [2.24, 2.45) is 0 Å². The van der Waals surface area contributed by atoms with E-state index in [1.807, 2.05) is 69.3 Å². The van der Waals surface area contributed by atoms with Gasteiger partial charge in [-0.15, -0.1) is 0 Å². The summed E-state index contributed by atoms with van der Waals surface area (Å²) in [6.07, 6.45) is 1.23. The van der Waals surface area contributed by atoms with Gasteiger partial charge in [0.05, 0.1) is 0 Å². The van der Waals surface area contributed by atoms with Crippen LogP contribution >= 0.6 is 0 Å². The molecule has 0 radical (unpaired) electrons. The second kappa shape index (κ2) is 11.9. The Morgan fingerprint density at radius 2 is 1.64 bits per heavy atom. The lowest BCUT2D eigenvalue weighted by molar-refractivity contribution is -0.141. The average Bonchev–Trinajstić information content (AvgIpc) is 2.76. The van der Waals surface area contributed by atoms with E-state index < -0.39 is 35.2 Å². The zero-order valence-electron chi connectivity index (χ0n) is 22.4. The number of nitrogens with zero attached hydrogens (tertiary/aromatic N) is 1. The molecular weight excluding hydrogens is 454 g/mol. The van der Waals surface area contributed by atoms with Crippen LogP contribution in [0.1, 0.15) is 64.3 Å². The van der Waals surface area contributed by atoms with Crippen LogP contribution in [-0.4, -0.2) is 47.0 Å². The highest BCUT2D eigenvalue weighted by molar-refractivity contribution is 5.92. The van der Waals surface area contributed by atoms with Gasteiger partial charge in [0.2, 0.25) is 11.8 Å². The predicted molar refractivity (Wildman–Crippen MR) is 143 cm³/mol. The fraction of sp³-hybridized carbons (Fsp3) is 0.414. The normalized spacial score (nSPS) is 13.2. The molecule has 0 fully saturated rings. The Morgan fingerprint density at radius 3 is 2.19 bits per heavy atom. The summed E-state index contributed by atoms with van der Waals surface area (Å²) in [7, 11) is 1.57. The Bertz CT molecular complexity index is 1070. The maximum atomic E-state index is 13.8. The number of likely N-dealkylation sites (N-methyl/N-ethyl adjacent to an activating group) is 1. The minimum Gasteiger partial charge on any atom is -0.444 e. The second-order valence-corrected chi connectivity index (χ2v) is 10.9. The van der Waals surface area contributed by atoms with Crippen LogP contribution in [0.25, 0.3) is 6.08 Å². The molecule has 36 heavy (non-hydrogen) atoms. The first-order valence-corrected chi connectivity index (χ1v) is 12.0. The topological polar surface area (TPSA) is 87.7 Å². The lowest BCUT2D eigenvalue weighted by atomic mass is 9.98. The highest BCUT2D eigenvalue weighted by Crippen LogP contribution is 2.24. The standard InChI is InChI=1S/C29H39N3O4/c1-9-20-16-13-17-22(18-20)24(25(33)31-28(2,3)4)32(8)26(34)23(19-21-14-11-10-12-15-21)30-27(35)36-29(5,6)7/h9-18,23-24H,1,19H2,2-8H3,(H,30,35)(H,31,33). The van der Waals surface area contributed by atoms with Crippen LogP contribution in [0.2, 0.25) is 0 Å². The minimum atomic E-state index is -0.945. The maximum Gasteiger partial charge on any atom is 0.408 e. The van der Waals surface area contributed by atoms with Crippen molar-refractivity contribution < 1.29 is 19.1 Å². The summed E-state index contributed by atoms with van der Waals surface area (Å²) in [5.41, 5.74) is 1.10. The summed E-state index contributed by atoms with van der Waals surface area (Å²) >= 11 is 0. The van der Waals surface area contributed by atoms with Crippen molar-refractivity contribution in [2.45, 2.75) is 71.2 Å². The molecule has 2 unspecified atom stereocenters. The number of benzene rings is 2. The van der Waals surface area contributed by atoms with E-state index in [0.717, 1.165) is 11.1 Å². The number of nitrogens with one attached hydrogen (secondary N) is 2. The van der Waals surface area contributed by atoms with Crippen LogP contribution < -0.4 is 10.6 Å². The maximum absolute atomic E-state index is 13.8. The molecule has 7 heteroatoms. The van der Waals surface area contributed by atoms with Crippen LogP contribution in [0.5, 0.6) is 0 Å². The molecule has 0 spiro atoms. The Morgan fingerprint density at radius 1 is 1.00 bits per heavy atom. The summed E-state index contributed by atoms with van der Waals surface area (Å²) in [4.78, 5) is 41.3. The first-order valence-electron chi connectivity index (χ1n) is 12.0. The molecule has 0 heterocycles. The molecular formula is C29H39N3O4. The zero-order valence-corrected chi connectivity index (χ0v) is 22.4. The van der Waals surface area contributed by atoms with Gasteiger partial charge in [0.25, 0.3) is 0 Å². The summed E-state index contributed by atoms with van der Waals surface area (Å²) < 4.78 is 5.41. The number of hydrogen-bond donors (Lipinski definition) is 2. The zero-order chi connectivity index (χ0) is 27.1. The molecule has 0 aliphatic carbocycles. The van der Waals surface area contributed by atoms with Gasteiger partial charge >= 0.3 is 6.09 Å². The Hall–Kier alpha value is -3.61. The molecule has 2 rings (SSSR count). The van der Waals surface area contributed by atoms with Gasteiger partial charge in [-0.1, -0.05) is 61.2 Å². The van der Waals surface area contributed by atoms with Gasteiger partial charge in [-0.25, -0.2) is 4.79 Å². The van der Waals surface area contributed by atoms with Gasteiger partial charge in [-0.3, -0.25) is 9.59 Å². The molecule has 0 aliphatic rings. The lowest BCUT2D eigenvalue weighted by Crippen LogP contribution is -2.54. The van der Waals surface area contributed by atoms with E-state index >= 15 is 0 Å². The highest BCUT2D eigenvalue weighted by Gasteiger charge is 2.35. The Kier molecular flexibility index (Phi) is 9.45. The van der Waals surface area contributed by atoms with Gasteiger partial charge < -0.3 is 20.3 Å². The van der Waals surface area contributed by atoms with E-state index in [1.165, 1.54) is 4.90 Å². The van der Waals surface area contributed by atoms with Crippen LogP contribution in [0.3, 0.4) is 0 Å². The number of carbonyl (C=O) groups is 3. The molecule has 0 aromatic heterocycles. The van der Waals surface area contributed by atoms with E-state index in [1.54, 1.807) is 40.0 Å². The third-order valence-corrected chi connectivity index (χ3v) is 5.22. The number of ether oxygens (including phenoxy) is 1. The summed E-state index contributed by atoms with van der Waals surface area (Å²) in [6, 6.07) is 14.9. The van der Waals surface area contributed by atoms with Crippen LogP contribution in [0.4, 0.5) is 4.79 Å². The van der Waals surface area contributed by atoms with Crippen molar-refractivity contribution in [3.05, 3.63) is 77.9 Å². The van der Waals surface area contributed by atoms with Crippen molar-refractivity contribution in [1.82, 2.24) is 15.5 Å². The number of alkyl carbamates (subject to hydrolysis) is 1. The average molecular weight is 494 g/mol. The van der Waals surface area contributed by atoms with Crippen molar-refractivity contribution in [2.75, 3.05) is 7.05 Å². The number of hydrogen-bond acceptors (Lipinski definition) is 4. The third kappa shape index (κ3) is 8.87. The number of rotatable bonds is 8. The highest BCUT2D eigenvalue weighted by atomic mass is 16.6. The van der Waals surface area contributed by atoms with Crippen LogP contribution in [-0.2, 0) is 20.7 Å². The van der Waals surface area contributed by atoms with E-state index in [9.17, 15) is 14.4 Å². The molecule has 0 saturated carbocycles. The molecule has 2 aromatic rings. The summed E-state index contributed by atoms with van der Waals surface area (Å²) in [5, 5.41) is 5.70. The molecule has 2 atom stereocenters. The van der Waals surface area contributed by atoms with Crippen molar-refractivity contribution in [3.8, 4) is 0 Å². The molecule has 7 nitrogen and oxygen atoms in total. The van der Waals surface area contributed by atoms with Gasteiger partial charge in [-0.05, 0) is 64.3 Å². The third-order valence-electron chi connectivity index (χ3n) is 5.22. The largest absolute Gasteiger partial charge is 0.444 e. The SMILES string of the molecule is C=Cc1cccc(C(C(=O)NC(C)(C)C)N(C)C(=O)C(Cc2ccccc2)NC(=O)OC(C)(C)C)c1. The molecule has 194 valence electrons. The van der Waals surface area contributed by atoms with Crippen molar-refractivity contribution in [1.29, 1.82) is 0 Å². The quantitative estimate of drug-likeness (QED) is 0.549. The summed E-state index contributed by atoms with van der Waals surface area (Å²) in [5.74, 6) is -0.738. The van der Waals surface area contributed by atoms with E-state index in [2.05, 4.69) is 17.2 Å². The number of carbonyl (C=O) groups excluding carboxylic acids is 3. The van der Waals surface area contributed by atoms with E-state index in [4.69, 9.17) is 4.74 Å². The van der Waals surface area contributed by atoms with Gasteiger partial charge in [0.1, 0.15) is 17.7 Å². The molecule has 0 aliphatic heterocycles. The van der Waals surface area contributed by atoms with E-state index in [0.29, 0.717) is 5.56 Å². The van der Waals surface area contributed by atoms with Gasteiger partial charge in [0.15, 0.2) is 0 Å². The number of amides is 3. The van der Waals surface area contributed by atoms with Gasteiger partial charge in [0, 0.05) is 19.0 Å². The van der Waals surface area contributed by atoms with Crippen molar-refractivity contribution >= 4 is 24.0 Å². The first kappa shape index (κ1) is 28.6. The minimum absolute atomic E-state index is 0.240. The summed E-state index contributed by atoms with van der Waals surface area (Å²) in [6.45, 7) is 14.7. The fourth-order valence-corrected chi connectivity index (χ4v) is 3.72. The molecule has 2 N–H and O–H groups in total. The van der Waals surface area contributed by atoms with Crippen molar-refractivity contribution in [3.63, 3.8) is 0 Å². The molecule has 2 aromatic carbocycles. The van der Waals surface area contributed by atoms with Crippen LogP contribution in [0.15, 0.2) is 61.2 Å².